The predicted octanol–water partition coefficient (Wildman–Crippen LogP) is 0.628. The first-order chi connectivity index (χ1) is 6.73. The van der Waals surface area contributed by atoms with Gasteiger partial charge in [0, 0.05) is 12.0 Å². The van der Waals surface area contributed by atoms with Crippen molar-refractivity contribution in [2.24, 2.45) is 17.1 Å². The molecule has 6 heteroatoms. The summed E-state index contributed by atoms with van der Waals surface area (Å²) in [5, 5.41) is 0. The van der Waals surface area contributed by atoms with Crippen LogP contribution in [0, 0.1) is 11.3 Å². The lowest BCUT2D eigenvalue weighted by molar-refractivity contribution is 0.500. The van der Waals surface area contributed by atoms with Crippen LogP contribution < -0.4 is 10.5 Å². The molecule has 3 N–H and O–H groups in total. The monoisotopic (exact) mass is 250 g/mol. The van der Waals surface area contributed by atoms with E-state index in [0.717, 1.165) is 12.8 Å². The zero-order valence-corrected chi connectivity index (χ0v) is 10.7. The van der Waals surface area contributed by atoms with Gasteiger partial charge in [-0.15, -0.1) is 0 Å². The van der Waals surface area contributed by atoms with Crippen molar-refractivity contribution >= 4 is 27.2 Å². The summed E-state index contributed by atoms with van der Waals surface area (Å²) in [7, 11) is -3.15. The van der Waals surface area contributed by atoms with Crippen LogP contribution in [-0.4, -0.2) is 25.7 Å². The lowest BCUT2D eigenvalue weighted by Gasteiger charge is -2.23. The summed E-state index contributed by atoms with van der Waals surface area (Å²) in [6.45, 7) is 3.93. The molecule has 88 valence electrons. The highest BCUT2D eigenvalue weighted by Gasteiger charge is 2.30. The van der Waals surface area contributed by atoms with E-state index in [-0.39, 0.29) is 12.3 Å². The molecule has 0 aromatic rings. The van der Waals surface area contributed by atoms with Crippen LogP contribution in [-0.2, 0) is 10.0 Å². The van der Waals surface area contributed by atoms with Gasteiger partial charge in [-0.2, -0.15) is 0 Å². The van der Waals surface area contributed by atoms with Gasteiger partial charge in [-0.1, -0.05) is 26.1 Å². The van der Waals surface area contributed by atoms with E-state index >= 15 is 0 Å². The Morgan fingerprint density at radius 3 is 2.47 bits per heavy atom. The zero-order chi connectivity index (χ0) is 11.7. The van der Waals surface area contributed by atoms with Gasteiger partial charge in [0.15, 0.2) is 0 Å². The number of nitrogens with one attached hydrogen (secondary N) is 1. The molecule has 0 heterocycles. The summed E-state index contributed by atoms with van der Waals surface area (Å²) in [5.41, 5.74) is 5.04. The van der Waals surface area contributed by atoms with E-state index < -0.39 is 15.4 Å². The van der Waals surface area contributed by atoms with Crippen LogP contribution in [0.4, 0.5) is 0 Å². The molecule has 1 rings (SSSR count). The van der Waals surface area contributed by atoms with Crippen molar-refractivity contribution in [3.8, 4) is 0 Å². The topological polar surface area (TPSA) is 72.2 Å². The first kappa shape index (κ1) is 12.9. The van der Waals surface area contributed by atoms with Gasteiger partial charge >= 0.3 is 0 Å². The Morgan fingerprint density at radius 2 is 2.07 bits per heavy atom. The first-order valence-electron chi connectivity index (χ1n) is 5.00. The van der Waals surface area contributed by atoms with Crippen molar-refractivity contribution in [1.82, 2.24) is 4.72 Å². The second-order valence-electron chi connectivity index (χ2n) is 4.79. The average Bonchev–Trinajstić information content (AvgIpc) is 2.84. The van der Waals surface area contributed by atoms with E-state index in [1.54, 1.807) is 0 Å². The molecule has 15 heavy (non-hydrogen) atoms. The normalized spacial score (nSPS) is 17.7. The Bertz CT molecular complexity index is 345. The van der Waals surface area contributed by atoms with Gasteiger partial charge in [0.25, 0.3) is 0 Å². The quantitative estimate of drug-likeness (QED) is 0.678. The molecule has 0 atom stereocenters. The highest BCUT2D eigenvalue weighted by Crippen LogP contribution is 2.30. The Hall–Kier alpha value is -0.200. The Labute approximate surface area is 96.7 Å². The SMILES string of the molecule is CC(C)(CNS(=O)(=O)CC1CC1)C(N)=S. The molecule has 0 bridgehead atoms. The predicted molar refractivity (Wildman–Crippen MR) is 65.1 cm³/mol. The molecule has 1 aliphatic carbocycles. The Morgan fingerprint density at radius 1 is 1.53 bits per heavy atom. The number of rotatable bonds is 6. The fraction of sp³-hybridized carbons (Fsp3) is 0.889. The van der Waals surface area contributed by atoms with E-state index in [2.05, 4.69) is 4.72 Å². The summed E-state index contributed by atoms with van der Waals surface area (Å²) >= 11 is 4.86. The fourth-order valence-electron chi connectivity index (χ4n) is 1.03. The van der Waals surface area contributed by atoms with Crippen LogP contribution in [0.3, 0.4) is 0 Å². The molecule has 1 fully saturated rings. The summed E-state index contributed by atoms with van der Waals surface area (Å²) in [5.74, 6) is 0.593. The van der Waals surface area contributed by atoms with Crippen molar-refractivity contribution in [2.45, 2.75) is 26.7 Å². The largest absolute Gasteiger partial charge is 0.393 e. The molecule has 0 saturated heterocycles. The third-order valence-corrected chi connectivity index (χ3v) is 4.60. The van der Waals surface area contributed by atoms with Gasteiger partial charge in [-0.25, -0.2) is 13.1 Å². The highest BCUT2D eigenvalue weighted by atomic mass is 32.2. The molecular weight excluding hydrogens is 232 g/mol. The molecule has 1 saturated carbocycles. The molecule has 0 aromatic carbocycles. The maximum atomic E-state index is 11.6. The molecule has 4 nitrogen and oxygen atoms in total. The fourth-order valence-corrected chi connectivity index (χ4v) is 2.76. The van der Waals surface area contributed by atoms with Crippen LogP contribution in [0.25, 0.3) is 0 Å². The number of thiocarbonyl (C=S) groups is 1. The maximum Gasteiger partial charge on any atom is 0.211 e. The highest BCUT2D eigenvalue weighted by molar-refractivity contribution is 7.89. The van der Waals surface area contributed by atoms with E-state index in [1.165, 1.54) is 0 Å². The van der Waals surface area contributed by atoms with Crippen LogP contribution in [0.2, 0.25) is 0 Å². The van der Waals surface area contributed by atoms with Crippen LogP contribution >= 0.6 is 12.2 Å². The standard InChI is InChI=1S/C9H18N2O2S2/c1-9(2,8(10)14)6-11-15(12,13)5-7-3-4-7/h7,11H,3-6H2,1-2H3,(H2,10,14). The summed E-state index contributed by atoms with van der Waals surface area (Å²) in [6.07, 6.45) is 2.05. The number of nitrogens with two attached hydrogens (primary N) is 1. The van der Waals surface area contributed by atoms with E-state index in [9.17, 15) is 8.42 Å². The molecule has 0 radical (unpaired) electrons. The third kappa shape index (κ3) is 4.44. The van der Waals surface area contributed by atoms with Crippen molar-refractivity contribution in [3.63, 3.8) is 0 Å². The molecule has 0 amide bonds. The minimum atomic E-state index is -3.15. The van der Waals surface area contributed by atoms with Crippen LogP contribution in [0.15, 0.2) is 0 Å². The second kappa shape index (κ2) is 4.35. The number of sulfonamides is 1. The lowest BCUT2D eigenvalue weighted by atomic mass is 9.94. The lowest BCUT2D eigenvalue weighted by Crippen LogP contribution is -2.42. The number of hydrogen-bond acceptors (Lipinski definition) is 3. The second-order valence-corrected chi connectivity index (χ2v) is 7.09. The van der Waals surface area contributed by atoms with Crippen molar-refractivity contribution in [3.05, 3.63) is 0 Å². The van der Waals surface area contributed by atoms with E-state index in [1.807, 2.05) is 13.8 Å². The van der Waals surface area contributed by atoms with Crippen molar-refractivity contribution < 1.29 is 8.42 Å². The molecular formula is C9H18N2O2S2. The third-order valence-electron chi connectivity index (χ3n) is 2.55. The minimum absolute atomic E-state index is 0.237. The van der Waals surface area contributed by atoms with E-state index in [0.29, 0.717) is 10.9 Å². The van der Waals surface area contributed by atoms with Crippen LogP contribution in [0.5, 0.6) is 0 Å². The maximum absolute atomic E-state index is 11.6. The Balaban J connectivity index is 2.44. The molecule has 0 aliphatic heterocycles. The van der Waals surface area contributed by atoms with Crippen molar-refractivity contribution in [2.75, 3.05) is 12.3 Å². The summed E-state index contributed by atoms with van der Waals surface area (Å²) in [4.78, 5) is 0.330. The molecule has 0 spiro atoms. The summed E-state index contributed by atoms with van der Waals surface area (Å²) in [6, 6.07) is 0. The molecule has 0 unspecified atom stereocenters. The Kier molecular flexibility index (Phi) is 3.73. The smallest absolute Gasteiger partial charge is 0.211 e. The summed E-state index contributed by atoms with van der Waals surface area (Å²) < 4.78 is 25.7. The minimum Gasteiger partial charge on any atom is -0.393 e. The van der Waals surface area contributed by atoms with Gasteiger partial charge in [0.2, 0.25) is 10.0 Å². The van der Waals surface area contributed by atoms with Gasteiger partial charge in [-0.05, 0) is 18.8 Å². The van der Waals surface area contributed by atoms with E-state index in [4.69, 9.17) is 18.0 Å². The van der Waals surface area contributed by atoms with Gasteiger partial charge in [-0.3, -0.25) is 0 Å². The average molecular weight is 250 g/mol. The van der Waals surface area contributed by atoms with Crippen LogP contribution in [0.1, 0.15) is 26.7 Å². The van der Waals surface area contributed by atoms with Gasteiger partial charge < -0.3 is 5.73 Å². The number of hydrogen-bond donors (Lipinski definition) is 2. The molecule has 0 aromatic heterocycles. The van der Waals surface area contributed by atoms with Crippen molar-refractivity contribution in [1.29, 1.82) is 0 Å². The molecule has 1 aliphatic rings. The van der Waals surface area contributed by atoms with Gasteiger partial charge in [0.05, 0.1) is 10.7 Å². The zero-order valence-electron chi connectivity index (χ0n) is 9.12. The van der Waals surface area contributed by atoms with Gasteiger partial charge in [0.1, 0.15) is 0 Å². The first-order valence-corrected chi connectivity index (χ1v) is 7.06.